The summed E-state index contributed by atoms with van der Waals surface area (Å²) in [5.74, 6) is 1.46. The number of aromatic nitrogens is 3. The van der Waals surface area contributed by atoms with E-state index in [4.69, 9.17) is 9.47 Å². The Kier molecular flexibility index (Phi) is 1.82. The van der Waals surface area contributed by atoms with Gasteiger partial charge >= 0.3 is 0 Å². The lowest BCUT2D eigenvalue weighted by Crippen LogP contribution is -1.99. The predicted molar refractivity (Wildman–Crippen MR) is 65.0 cm³/mol. The molecule has 0 fully saturated rings. The molecule has 3 aromatic rings. The van der Waals surface area contributed by atoms with Crippen molar-refractivity contribution in [2.45, 2.75) is 0 Å². The van der Waals surface area contributed by atoms with Gasteiger partial charge in [-0.25, -0.2) is 4.68 Å². The van der Waals surface area contributed by atoms with Crippen molar-refractivity contribution in [2.24, 2.45) is 0 Å². The fraction of sp³-hybridized carbons (Fsp3) is 0.0769. The molecule has 0 saturated carbocycles. The van der Waals surface area contributed by atoms with Crippen LogP contribution < -0.4 is 9.47 Å². The Balaban J connectivity index is 2.01. The number of fused-ring (bicyclic) bond motifs is 2. The van der Waals surface area contributed by atoms with Gasteiger partial charge in [-0.3, -0.25) is 0 Å². The molecule has 0 amide bonds. The maximum Gasteiger partial charge on any atom is 0.231 e. The zero-order valence-electron chi connectivity index (χ0n) is 9.41. The van der Waals surface area contributed by atoms with Crippen molar-refractivity contribution in [1.82, 2.24) is 15.0 Å². The highest BCUT2D eigenvalue weighted by Gasteiger charge is 2.20. The van der Waals surface area contributed by atoms with Crippen molar-refractivity contribution in [3.63, 3.8) is 0 Å². The number of para-hydroxylation sites is 2. The molecule has 5 heteroatoms. The van der Waals surface area contributed by atoms with Crippen LogP contribution in [-0.4, -0.2) is 21.8 Å². The van der Waals surface area contributed by atoms with Gasteiger partial charge in [0.15, 0.2) is 11.5 Å². The monoisotopic (exact) mass is 239 g/mol. The minimum atomic E-state index is 0.249. The van der Waals surface area contributed by atoms with Gasteiger partial charge in [-0.2, -0.15) is 0 Å². The van der Waals surface area contributed by atoms with E-state index in [9.17, 15) is 0 Å². The summed E-state index contributed by atoms with van der Waals surface area (Å²) >= 11 is 0. The summed E-state index contributed by atoms with van der Waals surface area (Å²) < 4.78 is 12.6. The van der Waals surface area contributed by atoms with Crippen molar-refractivity contribution >= 4 is 11.0 Å². The molecule has 88 valence electrons. The van der Waals surface area contributed by atoms with E-state index in [1.54, 1.807) is 4.68 Å². The van der Waals surface area contributed by atoms with Gasteiger partial charge in [-0.1, -0.05) is 23.4 Å². The molecule has 1 aliphatic heterocycles. The third kappa shape index (κ3) is 1.21. The fourth-order valence-corrected chi connectivity index (χ4v) is 2.13. The molecule has 1 aliphatic rings. The predicted octanol–water partition coefficient (Wildman–Crippen LogP) is 2.15. The highest BCUT2D eigenvalue weighted by Crippen LogP contribution is 2.37. The molecule has 0 unspecified atom stereocenters. The number of ether oxygens (including phenoxy) is 2. The molecule has 0 spiro atoms. The lowest BCUT2D eigenvalue weighted by atomic mass is 10.2. The van der Waals surface area contributed by atoms with Crippen LogP contribution in [0.4, 0.5) is 0 Å². The van der Waals surface area contributed by atoms with Gasteiger partial charge in [0.1, 0.15) is 11.2 Å². The minimum Gasteiger partial charge on any atom is -0.454 e. The van der Waals surface area contributed by atoms with Gasteiger partial charge in [-0.15, -0.1) is 5.10 Å². The zero-order valence-corrected chi connectivity index (χ0v) is 9.41. The van der Waals surface area contributed by atoms with Crippen LogP contribution in [0.15, 0.2) is 42.5 Å². The highest BCUT2D eigenvalue weighted by molar-refractivity contribution is 5.77. The average molecular weight is 239 g/mol. The number of benzene rings is 2. The van der Waals surface area contributed by atoms with Crippen molar-refractivity contribution in [1.29, 1.82) is 0 Å². The molecule has 0 radical (unpaired) electrons. The van der Waals surface area contributed by atoms with E-state index in [1.807, 2.05) is 42.5 Å². The van der Waals surface area contributed by atoms with Crippen LogP contribution in [-0.2, 0) is 0 Å². The van der Waals surface area contributed by atoms with Crippen LogP contribution in [0.3, 0.4) is 0 Å². The summed E-state index contributed by atoms with van der Waals surface area (Å²) in [5.41, 5.74) is 2.65. The van der Waals surface area contributed by atoms with Gasteiger partial charge in [-0.05, 0) is 24.3 Å². The molecule has 2 heterocycles. The standard InChI is InChI=1S/C13H9N3O2/c1-2-5-10-9(4-1)14-15-16(10)11-6-3-7-12-13(11)18-8-17-12/h1-7H,8H2. The first-order valence-corrected chi connectivity index (χ1v) is 5.63. The smallest absolute Gasteiger partial charge is 0.231 e. The Labute approximate surface area is 103 Å². The molecule has 4 rings (SSSR count). The first kappa shape index (κ1) is 9.47. The Bertz CT molecular complexity index is 736. The van der Waals surface area contributed by atoms with E-state index in [-0.39, 0.29) is 6.79 Å². The lowest BCUT2D eigenvalue weighted by Gasteiger charge is -2.05. The third-order valence-corrected chi connectivity index (χ3v) is 2.96. The topological polar surface area (TPSA) is 49.2 Å². The van der Waals surface area contributed by atoms with Crippen LogP contribution in [0, 0.1) is 0 Å². The van der Waals surface area contributed by atoms with Crippen molar-refractivity contribution in [3.05, 3.63) is 42.5 Å². The van der Waals surface area contributed by atoms with Crippen LogP contribution in [0.1, 0.15) is 0 Å². The van der Waals surface area contributed by atoms with E-state index in [0.29, 0.717) is 5.75 Å². The molecule has 1 aromatic heterocycles. The Morgan fingerprint density at radius 3 is 2.94 bits per heavy atom. The van der Waals surface area contributed by atoms with Crippen LogP contribution in [0.25, 0.3) is 16.7 Å². The van der Waals surface area contributed by atoms with E-state index < -0.39 is 0 Å². The maximum atomic E-state index is 5.49. The molecule has 0 atom stereocenters. The Morgan fingerprint density at radius 1 is 1.00 bits per heavy atom. The second-order valence-corrected chi connectivity index (χ2v) is 4.00. The second-order valence-electron chi connectivity index (χ2n) is 4.00. The van der Waals surface area contributed by atoms with Gasteiger partial charge in [0.2, 0.25) is 6.79 Å². The maximum absolute atomic E-state index is 5.49. The first-order valence-electron chi connectivity index (χ1n) is 5.63. The zero-order chi connectivity index (χ0) is 11.9. The SMILES string of the molecule is c1cc2c(c(-n3nnc4ccccc43)c1)OCO2. The van der Waals surface area contributed by atoms with E-state index in [1.165, 1.54) is 0 Å². The van der Waals surface area contributed by atoms with Crippen molar-refractivity contribution in [2.75, 3.05) is 6.79 Å². The molecular formula is C13H9N3O2. The molecule has 0 saturated heterocycles. The minimum absolute atomic E-state index is 0.249. The number of rotatable bonds is 1. The van der Waals surface area contributed by atoms with Gasteiger partial charge in [0.25, 0.3) is 0 Å². The molecule has 2 aromatic carbocycles. The largest absolute Gasteiger partial charge is 0.454 e. The summed E-state index contributed by atoms with van der Waals surface area (Å²) in [7, 11) is 0. The fourth-order valence-electron chi connectivity index (χ4n) is 2.13. The first-order chi connectivity index (χ1) is 8.93. The van der Waals surface area contributed by atoms with Crippen LogP contribution in [0.5, 0.6) is 11.5 Å². The number of hydrogen-bond acceptors (Lipinski definition) is 4. The number of hydrogen-bond donors (Lipinski definition) is 0. The van der Waals surface area contributed by atoms with Gasteiger partial charge < -0.3 is 9.47 Å². The van der Waals surface area contributed by atoms with Crippen LogP contribution >= 0.6 is 0 Å². The highest BCUT2D eigenvalue weighted by atomic mass is 16.7. The lowest BCUT2D eigenvalue weighted by molar-refractivity contribution is 0.173. The van der Waals surface area contributed by atoms with Crippen LogP contribution in [0.2, 0.25) is 0 Å². The molecule has 0 aliphatic carbocycles. The van der Waals surface area contributed by atoms with Crippen molar-refractivity contribution in [3.8, 4) is 17.2 Å². The second kappa shape index (κ2) is 3.46. The summed E-state index contributed by atoms with van der Waals surface area (Å²) in [6.45, 7) is 0.249. The van der Waals surface area contributed by atoms with Crippen molar-refractivity contribution < 1.29 is 9.47 Å². The summed E-state index contributed by atoms with van der Waals surface area (Å²) in [6.07, 6.45) is 0. The van der Waals surface area contributed by atoms with Gasteiger partial charge in [0.05, 0.1) is 5.52 Å². The third-order valence-electron chi connectivity index (χ3n) is 2.96. The molecule has 0 bridgehead atoms. The van der Waals surface area contributed by atoms with E-state index >= 15 is 0 Å². The summed E-state index contributed by atoms with van der Waals surface area (Å²) in [4.78, 5) is 0. The normalized spacial score (nSPS) is 13.1. The number of nitrogens with zero attached hydrogens (tertiary/aromatic N) is 3. The van der Waals surface area contributed by atoms with E-state index in [0.717, 1.165) is 22.5 Å². The summed E-state index contributed by atoms with van der Waals surface area (Å²) in [5, 5.41) is 8.31. The average Bonchev–Trinajstić information content (AvgIpc) is 3.05. The molecule has 0 N–H and O–H groups in total. The van der Waals surface area contributed by atoms with E-state index in [2.05, 4.69) is 10.3 Å². The quantitative estimate of drug-likeness (QED) is 0.652. The van der Waals surface area contributed by atoms with Gasteiger partial charge in [0, 0.05) is 0 Å². The Morgan fingerprint density at radius 2 is 1.94 bits per heavy atom. The molecule has 5 nitrogen and oxygen atoms in total. The molecule has 18 heavy (non-hydrogen) atoms. The summed E-state index contributed by atoms with van der Waals surface area (Å²) in [6, 6.07) is 13.5. The molecular weight excluding hydrogens is 230 g/mol. The Hall–Kier alpha value is -2.56.